The third-order valence-electron chi connectivity index (χ3n) is 4.46. The molecule has 1 heterocycles. The SMILES string of the molecule is CCNC(=O)N(Cc1cccc(OC)c1)C[C@H]1CC(c2ccc(F)cc2)=NO1. The third kappa shape index (κ3) is 5.00. The summed E-state index contributed by atoms with van der Waals surface area (Å²) in [4.78, 5) is 19.8. The summed E-state index contributed by atoms with van der Waals surface area (Å²) >= 11 is 0. The van der Waals surface area contributed by atoms with Gasteiger partial charge < -0.3 is 19.8 Å². The number of ether oxygens (including phenoxy) is 1. The summed E-state index contributed by atoms with van der Waals surface area (Å²) in [7, 11) is 1.61. The van der Waals surface area contributed by atoms with Crippen molar-refractivity contribution in [2.24, 2.45) is 5.16 Å². The van der Waals surface area contributed by atoms with Crippen LogP contribution in [-0.4, -0.2) is 42.9 Å². The number of urea groups is 1. The van der Waals surface area contributed by atoms with E-state index in [1.165, 1.54) is 12.1 Å². The molecular weight excluding hydrogens is 361 g/mol. The number of rotatable bonds is 7. The smallest absolute Gasteiger partial charge is 0.317 e. The first-order valence-electron chi connectivity index (χ1n) is 9.23. The van der Waals surface area contributed by atoms with Gasteiger partial charge in [0.1, 0.15) is 11.6 Å². The number of oxime groups is 1. The third-order valence-corrected chi connectivity index (χ3v) is 4.46. The van der Waals surface area contributed by atoms with Crippen molar-refractivity contribution in [3.05, 3.63) is 65.5 Å². The molecule has 0 aliphatic carbocycles. The number of amides is 2. The summed E-state index contributed by atoms with van der Waals surface area (Å²) in [6.07, 6.45) is 0.299. The molecule has 2 aromatic carbocycles. The average molecular weight is 385 g/mol. The zero-order valence-electron chi connectivity index (χ0n) is 16.0. The fourth-order valence-electron chi connectivity index (χ4n) is 3.06. The first kappa shape index (κ1) is 19.7. The van der Waals surface area contributed by atoms with Gasteiger partial charge in [0.05, 0.1) is 19.4 Å². The minimum Gasteiger partial charge on any atom is -0.497 e. The Morgan fingerprint density at radius 3 is 2.82 bits per heavy atom. The monoisotopic (exact) mass is 385 g/mol. The van der Waals surface area contributed by atoms with E-state index in [-0.39, 0.29) is 18.0 Å². The van der Waals surface area contributed by atoms with Crippen molar-refractivity contribution < 1.29 is 18.8 Å². The largest absolute Gasteiger partial charge is 0.497 e. The Bertz CT molecular complexity index is 839. The van der Waals surface area contributed by atoms with Crippen molar-refractivity contribution in [3.8, 4) is 5.75 Å². The predicted molar refractivity (Wildman–Crippen MR) is 105 cm³/mol. The lowest BCUT2D eigenvalue weighted by molar-refractivity contribution is 0.0590. The summed E-state index contributed by atoms with van der Waals surface area (Å²) in [5, 5.41) is 6.96. The topological polar surface area (TPSA) is 63.2 Å². The molecule has 7 heteroatoms. The zero-order chi connectivity index (χ0) is 19.9. The fourth-order valence-corrected chi connectivity index (χ4v) is 3.06. The Kier molecular flexibility index (Phi) is 6.47. The number of nitrogens with one attached hydrogen (secondary N) is 1. The van der Waals surface area contributed by atoms with Crippen molar-refractivity contribution in [3.63, 3.8) is 0 Å². The maximum absolute atomic E-state index is 13.1. The van der Waals surface area contributed by atoms with Crippen molar-refractivity contribution >= 4 is 11.7 Å². The van der Waals surface area contributed by atoms with Crippen molar-refractivity contribution in [1.29, 1.82) is 0 Å². The molecule has 3 rings (SSSR count). The van der Waals surface area contributed by atoms with Gasteiger partial charge in [-0.05, 0) is 42.3 Å². The second-order valence-electron chi connectivity index (χ2n) is 6.54. The van der Waals surface area contributed by atoms with Crippen LogP contribution in [0.4, 0.5) is 9.18 Å². The second kappa shape index (κ2) is 9.21. The lowest BCUT2D eigenvalue weighted by Crippen LogP contribution is -2.43. The Hall–Kier alpha value is -3.09. The molecule has 0 radical (unpaired) electrons. The van der Waals surface area contributed by atoms with Gasteiger partial charge in [-0.3, -0.25) is 0 Å². The van der Waals surface area contributed by atoms with Gasteiger partial charge in [0, 0.05) is 19.5 Å². The van der Waals surface area contributed by atoms with Gasteiger partial charge in [0.25, 0.3) is 0 Å². The molecule has 1 N–H and O–H groups in total. The molecule has 0 saturated carbocycles. The van der Waals surface area contributed by atoms with E-state index < -0.39 is 0 Å². The number of carbonyl (C=O) groups is 1. The summed E-state index contributed by atoms with van der Waals surface area (Å²) in [6, 6.07) is 13.6. The molecule has 1 aliphatic rings. The summed E-state index contributed by atoms with van der Waals surface area (Å²) in [5.74, 6) is 0.452. The molecule has 28 heavy (non-hydrogen) atoms. The minimum atomic E-state index is -0.291. The number of hydrogen-bond acceptors (Lipinski definition) is 4. The van der Waals surface area contributed by atoms with E-state index in [1.54, 1.807) is 24.1 Å². The Balaban J connectivity index is 1.66. The maximum atomic E-state index is 13.1. The Morgan fingerprint density at radius 2 is 2.11 bits per heavy atom. The molecule has 1 aliphatic heterocycles. The Labute approximate surface area is 163 Å². The molecule has 1 atom stereocenters. The van der Waals surface area contributed by atoms with Crippen LogP contribution in [0, 0.1) is 5.82 Å². The lowest BCUT2D eigenvalue weighted by atomic mass is 10.0. The second-order valence-corrected chi connectivity index (χ2v) is 6.54. The molecule has 0 aromatic heterocycles. The van der Waals surface area contributed by atoms with Crippen molar-refractivity contribution in [1.82, 2.24) is 10.2 Å². The van der Waals surface area contributed by atoms with Gasteiger partial charge in [0.15, 0.2) is 6.10 Å². The van der Waals surface area contributed by atoms with Crippen LogP contribution in [0.15, 0.2) is 53.7 Å². The number of nitrogens with zero attached hydrogens (tertiary/aromatic N) is 2. The van der Waals surface area contributed by atoms with E-state index in [0.717, 1.165) is 22.6 Å². The van der Waals surface area contributed by atoms with Crippen molar-refractivity contribution in [2.75, 3.05) is 20.2 Å². The molecule has 0 spiro atoms. The number of hydrogen-bond donors (Lipinski definition) is 1. The van der Waals surface area contributed by atoms with E-state index in [4.69, 9.17) is 9.57 Å². The predicted octanol–water partition coefficient (Wildman–Crippen LogP) is 3.56. The van der Waals surface area contributed by atoms with Crippen LogP contribution < -0.4 is 10.1 Å². The van der Waals surface area contributed by atoms with Gasteiger partial charge in [0.2, 0.25) is 0 Å². The number of carbonyl (C=O) groups excluding carboxylic acids is 1. The van der Waals surface area contributed by atoms with Crippen molar-refractivity contribution in [2.45, 2.75) is 26.0 Å². The molecule has 2 amide bonds. The van der Waals surface area contributed by atoms with Crippen LogP contribution in [0.3, 0.4) is 0 Å². The molecule has 0 fully saturated rings. The summed E-state index contributed by atoms with van der Waals surface area (Å²) in [5.41, 5.74) is 2.53. The molecular formula is C21H24FN3O3. The first-order chi connectivity index (χ1) is 13.6. The van der Waals surface area contributed by atoms with Gasteiger partial charge in [-0.2, -0.15) is 0 Å². The van der Waals surface area contributed by atoms with Crippen LogP contribution in [0.2, 0.25) is 0 Å². The van der Waals surface area contributed by atoms with E-state index in [0.29, 0.717) is 26.1 Å². The number of halogens is 1. The standard InChI is InChI=1S/C21H24FN3O3/c1-3-23-21(26)25(13-15-5-4-6-18(11-15)27-2)14-19-12-20(24-28-19)16-7-9-17(22)10-8-16/h4-11,19H,3,12-14H2,1-2H3,(H,23,26)/t19-/m1/s1. The van der Waals surface area contributed by atoms with Gasteiger partial charge in [-0.1, -0.05) is 29.4 Å². The van der Waals surface area contributed by atoms with E-state index in [2.05, 4.69) is 10.5 Å². The summed E-state index contributed by atoms with van der Waals surface area (Å²) < 4.78 is 18.4. The van der Waals surface area contributed by atoms with E-state index >= 15 is 0 Å². The number of benzene rings is 2. The van der Waals surface area contributed by atoms with Crippen LogP contribution in [0.25, 0.3) is 0 Å². The lowest BCUT2D eigenvalue weighted by Gasteiger charge is -2.25. The normalized spacial score (nSPS) is 15.5. The summed E-state index contributed by atoms with van der Waals surface area (Å²) in [6.45, 7) is 3.23. The zero-order valence-corrected chi connectivity index (χ0v) is 16.0. The molecule has 0 bridgehead atoms. The first-order valence-corrected chi connectivity index (χ1v) is 9.23. The quantitative estimate of drug-likeness (QED) is 0.793. The van der Waals surface area contributed by atoms with E-state index in [9.17, 15) is 9.18 Å². The van der Waals surface area contributed by atoms with E-state index in [1.807, 2.05) is 31.2 Å². The van der Waals surface area contributed by atoms with Crippen LogP contribution in [-0.2, 0) is 11.4 Å². The molecule has 2 aromatic rings. The van der Waals surface area contributed by atoms with Crippen LogP contribution >= 0.6 is 0 Å². The van der Waals surface area contributed by atoms with Gasteiger partial charge >= 0.3 is 6.03 Å². The highest BCUT2D eigenvalue weighted by molar-refractivity contribution is 6.01. The fraction of sp³-hybridized carbons (Fsp3) is 0.333. The van der Waals surface area contributed by atoms with Gasteiger partial charge in [-0.15, -0.1) is 0 Å². The number of methoxy groups -OCH3 is 1. The maximum Gasteiger partial charge on any atom is 0.317 e. The molecule has 0 saturated heterocycles. The highest BCUT2D eigenvalue weighted by Crippen LogP contribution is 2.20. The molecule has 148 valence electrons. The van der Waals surface area contributed by atoms with Gasteiger partial charge in [-0.25, -0.2) is 9.18 Å². The molecule has 6 nitrogen and oxygen atoms in total. The Morgan fingerprint density at radius 1 is 1.32 bits per heavy atom. The minimum absolute atomic E-state index is 0.163. The molecule has 0 unspecified atom stereocenters. The average Bonchev–Trinajstić information content (AvgIpc) is 3.17. The highest BCUT2D eigenvalue weighted by Gasteiger charge is 2.26. The highest BCUT2D eigenvalue weighted by atomic mass is 19.1. The van der Waals surface area contributed by atoms with Crippen LogP contribution in [0.1, 0.15) is 24.5 Å². The van der Waals surface area contributed by atoms with Crippen LogP contribution in [0.5, 0.6) is 5.75 Å².